The van der Waals surface area contributed by atoms with Crippen molar-refractivity contribution in [3.05, 3.63) is 71.1 Å². The van der Waals surface area contributed by atoms with Crippen LogP contribution in [0.15, 0.2) is 59.0 Å². The molecule has 10 nitrogen and oxygen atoms in total. The van der Waals surface area contributed by atoms with Crippen molar-refractivity contribution < 1.29 is 29.0 Å². The predicted molar refractivity (Wildman–Crippen MR) is 156 cm³/mol. The maximum absolute atomic E-state index is 12.8. The number of rotatable bonds is 10. The molecule has 10 heteroatoms. The minimum atomic E-state index is -1.41. The van der Waals surface area contributed by atoms with Gasteiger partial charge in [0.15, 0.2) is 0 Å². The topological polar surface area (TPSA) is 152 Å². The number of aromatic carboxylic acids is 1. The molecule has 1 heterocycles. The Kier molecular flexibility index (Phi) is 8.73. The van der Waals surface area contributed by atoms with Crippen molar-refractivity contribution in [2.75, 3.05) is 39.6 Å². The Labute approximate surface area is 237 Å². The molecule has 1 aliphatic carbocycles. The average Bonchev–Trinajstić information content (AvgIpc) is 2.94. The third-order valence-corrected chi connectivity index (χ3v) is 7.04. The lowest BCUT2D eigenvalue weighted by molar-refractivity contribution is -0.254. The summed E-state index contributed by atoms with van der Waals surface area (Å²) in [5.41, 5.74) is 8.87. The van der Waals surface area contributed by atoms with Crippen LogP contribution in [0.2, 0.25) is 0 Å². The van der Waals surface area contributed by atoms with Crippen molar-refractivity contribution in [3.8, 4) is 22.5 Å². The lowest BCUT2D eigenvalue weighted by atomic mass is 9.89. The van der Waals surface area contributed by atoms with Crippen LogP contribution in [0.25, 0.3) is 33.4 Å². The molecule has 0 radical (unpaired) electrons. The lowest BCUT2D eigenvalue weighted by Crippen LogP contribution is -2.30. The molecular weight excluding hydrogens is 524 g/mol. The van der Waals surface area contributed by atoms with Crippen molar-refractivity contribution >= 4 is 34.5 Å². The quantitative estimate of drug-likeness (QED) is 0.152. The largest absolute Gasteiger partial charge is 0.545 e. The number of carbonyl (C=O) groups excluding carboxylic acids is 2. The highest BCUT2D eigenvalue weighted by molar-refractivity contribution is 6.09. The number of carboxylic acids is 2. The van der Waals surface area contributed by atoms with E-state index in [9.17, 15) is 19.5 Å². The van der Waals surface area contributed by atoms with Crippen LogP contribution < -0.4 is 31.0 Å². The molecule has 1 atom stereocenters. The van der Waals surface area contributed by atoms with Crippen molar-refractivity contribution in [3.63, 3.8) is 0 Å². The van der Waals surface area contributed by atoms with Gasteiger partial charge in [0, 0.05) is 66.1 Å². The van der Waals surface area contributed by atoms with E-state index in [-0.39, 0.29) is 11.1 Å². The Bertz CT molecular complexity index is 1670. The van der Waals surface area contributed by atoms with Crippen LogP contribution in [-0.4, -0.2) is 63.7 Å². The first-order chi connectivity index (χ1) is 19.5. The number of aliphatic carboxylic acids is 1. The van der Waals surface area contributed by atoms with E-state index in [1.54, 1.807) is 12.1 Å². The van der Waals surface area contributed by atoms with E-state index < -0.39 is 23.9 Å². The fourth-order valence-corrected chi connectivity index (χ4v) is 4.70. The standard InChI is InChI=1S/C31H34N4O6/c1-34(2)19-9-12-22-26(16-19)41-27-17-20(35(3)4)10-13-23(27)28(22)21-11-8-18(15-24(21)30(37)38)29(36)33-14-6-5-7-25(32)31(39)40/h8-13,15-17,25H,5-7,14,32H2,1-4H3,(H2-,33,36,37,38,39,40)/t25-/m0/s1. The molecule has 2 aromatic rings. The van der Waals surface area contributed by atoms with Gasteiger partial charge < -0.3 is 35.4 Å². The highest BCUT2D eigenvalue weighted by Crippen LogP contribution is 2.42. The number of hydrogen-bond donors (Lipinski definition) is 3. The minimum Gasteiger partial charge on any atom is -0.545 e. The Hall–Kier alpha value is -4.70. The molecule has 1 amide bonds. The van der Waals surface area contributed by atoms with Gasteiger partial charge in [-0.3, -0.25) is 9.59 Å². The zero-order chi connectivity index (χ0) is 29.8. The van der Waals surface area contributed by atoms with Gasteiger partial charge in [0.25, 0.3) is 5.91 Å². The molecule has 41 heavy (non-hydrogen) atoms. The zero-order valence-corrected chi connectivity index (χ0v) is 23.6. The number of hydrogen-bond acceptors (Lipinski definition) is 7. The maximum atomic E-state index is 12.8. The zero-order valence-electron chi connectivity index (χ0n) is 23.6. The summed E-state index contributed by atoms with van der Waals surface area (Å²) in [7, 11) is 7.71. The number of benzene rings is 3. The number of anilines is 1. The summed E-state index contributed by atoms with van der Waals surface area (Å²) in [5.74, 6) is -2.32. The molecule has 4 rings (SSSR count). The number of amides is 1. The fourth-order valence-electron chi connectivity index (χ4n) is 4.70. The Balaban J connectivity index is 1.76. The number of nitrogens with two attached hydrogens (primary N) is 1. The lowest BCUT2D eigenvalue weighted by Gasteiger charge is -2.20. The molecule has 4 N–H and O–H groups in total. The summed E-state index contributed by atoms with van der Waals surface area (Å²) in [6.45, 7) is 0.297. The van der Waals surface area contributed by atoms with E-state index in [1.165, 1.54) is 6.07 Å². The molecule has 2 aromatic carbocycles. The molecule has 0 bridgehead atoms. The summed E-state index contributed by atoms with van der Waals surface area (Å²) in [6.07, 6.45) is 1.36. The fraction of sp³-hybridized carbons (Fsp3) is 0.290. The summed E-state index contributed by atoms with van der Waals surface area (Å²) in [5, 5.41) is 25.7. The number of carboxylic acid groups (broad SMARTS) is 2. The van der Waals surface area contributed by atoms with E-state index in [0.29, 0.717) is 48.3 Å². The first-order valence-electron chi connectivity index (χ1n) is 13.3. The first kappa shape index (κ1) is 29.3. The van der Waals surface area contributed by atoms with E-state index in [0.717, 1.165) is 22.0 Å². The summed E-state index contributed by atoms with van der Waals surface area (Å²) >= 11 is 0. The summed E-state index contributed by atoms with van der Waals surface area (Å²) < 4.78 is 8.28. The number of nitrogens with zero attached hydrogens (tertiary/aromatic N) is 2. The highest BCUT2D eigenvalue weighted by Gasteiger charge is 2.22. The molecule has 0 spiro atoms. The van der Waals surface area contributed by atoms with Gasteiger partial charge in [-0.05, 0) is 55.2 Å². The summed E-state index contributed by atoms with van der Waals surface area (Å²) in [6, 6.07) is 15.1. The molecule has 0 aromatic heterocycles. The molecular formula is C31H34N4O6. The molecule has 214 valence electrons. The van der Waals surface area contributed by atoms with Crippen LogP contribution >= 0.6 is 0 Å². The second-order valence-corrected chi connectivity index (χ2v) is 10.4. The molecule has 0 saturated carbocycles. The third-order valence-electron chi connectivity index (χ3n) is 7.04. The maximum Gasteiger partial charge on any atom is 0.320 e. The van der Waals surface area contributed by atoms with Crippen LogP contribution in [-0.2, 0) is 4.79 Å². The Morgan fingerprint density at radius 2 is 1.76 bits per heavy atom. The van der Waals surface area contributed by atoms with Crippen molar-refractivity contribution in [2.24, 2.45) is 5.73 Å². The SMILES string of the molecule is CN(C)c1ccc2c(-c3ccc(C(=O)NCCCC[C@H](N)C(=O)O)cc3C(=O)[O-])c3ccc(=[N+](C)C)cc-3oc2c1. The van der Waals surface area contributed by atoms with Gasteiger partial charge in [-0.2, -0.15) is 0 Å². The van der Waals surface area contributed by atoms with E-state index in [4.69, 9.17) is 15.3 Å². The van der Waals surface area contributed by atoms with Crippen LogP contribution in [0.1, 0.15) is 40.0 Å². The molecule has 2 aliphatic rings. The van der Waals surface area contributed by atoms with Crippen LogP contribution in [0.3, 0.4) is 0 Å². The second kappa shape index (κ2) is 12.2. The Morgan fingerprint density at radius 3 is 2.41 bits per heavy atom. The smallest absolute Gasteiger partial charge is 0.320 e. The van der Waals surface area contributed by atoms with Gasteiger partial charge >= 0.3 is 5.97 Å². The van der Waals surface area contributed by atoms with Gasteiger partial charge in [0.1, 0.15) is 31.5 Å². The number of nitrogens with one attached hydrogen (secondary N) is 1. The van der Waals surface area contributed by atoms with Crippen molar-refractivity contribution in [2.45, 2.75) is 25.3 Å². The van der Waals surface area contributed by atoms with Crippen LogP contribution in [0, 0.1) is 0 Å². The van der Waals surface area contributed by atoms with E-state index in [2.05, 4.69) is 5.32 Å². The van der Waals surface area contributed by atoms with Gasteiger partial charge in [-0.25, -0.2) is 4.58 Å². The third kappa shape index (κ3) is 6.38. The predicted octanol–water partition coefficient (Wildman–Crippen LogP) is 1.98. The monoisotopic (exact) mass is 558 g/mol. The van der Waals surface area contributed by atoms with E-state index >= 15 is 0 Å². The van der Waals surface area contributed by atoms with Crippen molar-refractivity contribution in [1.29, 1.82) is 0 Å². The average molecular weight is 559 g/mol. The van der Waals surface area contributed by atoms with Crippen molar-refractivity contribution in [1.82, 2.24) is 9.89 Å². The van der Waals surface area contributed by atoms with Gasteiger partial charge in [-0.15, -0.1) is 0 Å². The second-order valence-electron chi connectivity index (χ2n) is 10.4. The number of fused-ring (bicyclic) bond motifs is 2. The Morgan fingerprint density at radius 1 is 1.02 bits per heavy atom. The summed E-state index contributed by atoms with van der Waals surface area (Å²) in [4.78, 5) is 38.0. The van der Waals surface area contributed by atoms with Gasteiger partial charge in [0.2, 0.25) is 5.36 Å². The molecule has 1 aliphatic heterocycles. The van der Waals surface area contributed by atoms with Crippen LogP contribution in [0.4, 0.5) is 5.69 Å². The molecule has 0 unspecified atom stereocenters. The minimum absolute atomic E-state index is 0.118. The van der Waals surface area contributed by atoms with Gasteiger partial charge in [0.05, 0.1) is 12.0 Å². The first-order valence-corrected chi connectivity index (χ1v) is 13.3. The number of carbonyl (C=O) groups is 3. The van der Waals surface area contributed by atoms with Crippen LogP contribution in [0.5, 0.6) is 0 Å². The normalized spacial score (nSPS) is 11.8. The molecule has 0 saturated heterocycles. The van der Waals surface area contributed by atoms with Gasteiger partial charge in [-0.1, -0.05) is 6.07 Å². The highest BCUT2D eigenvalue weighted by atomic mass is 16.4. The van der Waals surface area contributed by atoms with E-state index in [1.807, 2.05) is 74.1 Å². The molecule has 0 fully saturated rings. The number of unbranched alkanes of at least 4 members (excludes halogenated alkanes) is 1.